The second-order valence-corrected chi connectivity index (χ2v) is 8.36. The summed E-state index contributed by atoms with van der Waals surface area (Å²) < 4.78 is 22.6. The van der Waals surface area contributed by atoms with Gasteiger partial charge in [-0.05, 0) is 42.4 Å². The Morgan fingerprint density at radius 2 is 1.46 bits per heavy atom. The molecule has 0 N–H and O–H groups in total. The number of likely N-dealkylation sites (N-methyl/N-ethyl adjacent to an activating group) is 1. The van der Waals surface area contributed by atoms with Gasteiger partial charge >= 0.3 is 0 Å². The van der Waals surface area contributed by atoms with Gasteiger partial charge in [-0.15, -0.1) is 0 Å². The Morgan fingerprint density at radius 1 is 0.917 bits per heavy atom. The average Bonchev–Trinajstić information content (AvgIpc) is 2.54. The van der Waals surface area contributed by atoms with Crippen LogP contribution >= 0.6 is 10.7 Å². The SMILES string of the molecule is CN1CCN(c2ccc(-c3ccc(S(=O)(=O)Cl)cc3)cc2)C(=O)C1. The first kappa shape index (κ1) is 17.0. The van der Waals surface area contributed by atoms with Gasteiger partial charge in [0.25, 0.3) is 9.05 Å². The highest BCUT2D eigenvalue weighted by Gasteiger charge is 2.22. The van der Waals surface area contributed by atoms with E-state index in [0.717, 1.165) is 23.4 Å². The highest BCUT2D eigenvalue weighted by molar-refractivity contribution is 8.13. The van der Waals surface area contributed by atoms with E-state index in [-0.39, 0.29) is 10.8 Å². The molecule has 5 nitrogen and oxygen atoms in total. The number of hydrogen-bond donors (Lipinski definition) is 0. The van der Waals surface area contributed by atoms with Gasteiger partial charge in [0.2, 0.25) is 5.91 Å². The lowest BCUT2D eigenvalue weighted by Crippen LogP contribution is -2.48. The smallest absolute Gasteiger partial charge is 0.261 e. The van der Waals surface area contributed by atoms with Crippen molar-refractivity contribution in [3.63, 3.8) is 0 Å². The first-order valence-corrected chi connectivity index (χ1v) is 9.79. The maximum Gasteiger partial charge on any atom is 0.261 e. The lowest BCUT2D eigenvalue weighted by molar-refractivity contribution is -0.120. The molecular weight excluding hydrogens is 348 g/mol. The van der Waals surface area contributed by atoms with Crippen molar-refractivity contribution in [2.75, 3.05) is 31.6 Å². The minimum atomic E-state index is -3.71. The summed E-state index contributed by atoms with van der Waals surface area (Å²) in [5, 5.41) is 0. The zero-order chi connectivity index (χ0) is 17.3. The molecule has 3 rings (SSSR count). The second-order valence-electron chi connectivity index (χ2n) is 5.79. The highest BCUT2D eigenvalue weighted by atomic mass is 35.7. The fourth-order valence-electron chi connectivity index (χ4n) is 2.71. The zero-order valence-corrected chi connectivity index (χ0v) is 14.7. The number of piperazine rings is 1. The van der Waals surface area contributed by atoms with Crippen molar-refractivity contribution < 1.29 is 13.2 Å². The summed E-state index contributed by atoms with van der Waals surface area (Å²) in [7, 11) is 3.54. The van der Waals surface area contributed by atoms with Crippen molar-refractivity contribution in [2.45, 2.75) is 4.90 Å². The van der Waals surface area contributed by atoms with Gasteiger partial charge in [0, 0.05) is 29.5 Å². The Morgan fingerprint density at radius 3 is 1.96 bits per heavy atom. The molecule has 7 heteroatoms. The van der Waals surface area contributed by atoms with Gasteiger partial charge in [-0.1, -0.05) is 24.3 Å². The van der Waals surface area contributed by atoms with E-state index in [2.05, 4.69) is 0 Å². The molecule has 1 amide bonds. The van der Waals surface area contributed by atoms with Crippen LogP contribution in [0.2, 0.25) is 0 Å². The zero-order valence-electron chi connectivity index (χ0n) is 13.1. The van der Waals surface area contributed by atoms with Gasteiger partial charge < -0.3 is 4.90 Å². The van der Waals surface area contributed by atoms with Crippen LogP contribution in [-0.2, 0) is 13.8 Å². The van der Waals surface area contributed by atoms with Gasteiger partial charge in [0.15, 0.2) is 0 Å². The predicted octanol–water partition coefficient (Wildman–Crippen LogP) is 2.56. The summed E-state index contributed by atoms with van der Waals surface area (Å²) in [5.74, 6) is 0.0909. The van der Waals surface area contributed by atoms with Crippen LogP contribution in [0.25, 0.3) is 11.1 Å². The lowest BCUT2D eigenvalue weighted by atomic mass is 10.1. The molecule has 1 aliphatic rings. The van der Waals surface area contributed by atoms with Crippen LogP contribution in [0.4, 0.5) is 5.69 Å². The molecule has 0 atom stereocenters. The van der Waals surface area contributed by atoms with Crippen molar-refractivity contribution in [1.82, 2.24) is 4.90 Å². The molecule has 1 aliphatic heterocycles. The normalized spacial score (nSPS) is 16.4. The number of rotatable bonds is 3. The molecule has 1 saturated heterocycles. The number of halogens is 1. The third-order valence-corrected chi connectivity index (χ3v) is 5.43. The van der Waals surface area contributed by atoms with Gasteiger partial charge in [0.05, 0.1) is 11.4 Å². The van der Waals surface area contributed by atoms with Gasteiger partial charge in [-0.3, -0.25) is 9.69 Å². The minimum Gasteiger partial charge on any atom is -0.310 e. The van der Waals surface area contributed by atoms with E-state index in [9.17, 15) is 13.2 Å². The van der Waals surface area contributed by atoms with Crippen LogP contribution in [0.5, 0.6) is 0 Å². The molecule has 1 fully saturated rings. The van der Waals surface area contributed by atoms with Crippen LogP contribution in [0.3, 0.4) is 0 Å². The molecular formula is C17H17ClN2O3S. The van der Waals surface area contributed by atoms with E-state index in [0.29, 0.717) is 13.1 Å². The van der Waals surface area contributed by atoms with E-state index in [1.54, 1.807) is 17.0 Å². The summed E-state index contributed by atoms with van der Waals surface area (Å²) in [5.41, 5.74) is 2.70. The Kier molecular flexibility index (Phi) is 4.62. The molecule has 0 aromatic heterocycles. The van der Waals surface area contributed by atoms with E-state index in [1.165, 1.54) is 12.1 Å². The average molecular weight is 365 g/mol. The van der Waals surface area contributed by atoms with Crippen LogP contribution < -0.4 is 4.90 Å². The number of benzene rings is 2. The van der Waals surface area contributed by atoms with Crippen LogP contribution in [0, 0.1) is 0 Å². The Hall–Kier alpha value is -1.89. The van der Waals surface area contributed by atoms with Crippen molar-refractivity contribution in [3.8, 4) is 11.1 Å². The molecule has 0 radical (unpaired) electrons. The van der Waals surface area contributed by atoms with Gasteiger partial charge in [-0.2, -0.15) is 0 Å². The van der Waals surface area contributed by atoms with Crippen molar-refractivity contribution in [2.24, 2.45) is 0 Å². The maximum atomic E-state index is 12.1. The van der Waals surface area contributed by atoms with Gasteiger partial charge in [0.1, 0.15) is 0 Å². The molecule has 0 spiro atoms. The predicted molar refractivity (Wildman–Crippen MR) is 94.8 cm³/mol. The first-order valence-electron chi connectivity index (χ1n) is 7.49. The number of nitrogens with zero attached hydrogens (tertiary/aromatic N) is 2. The van der Waals surface area contributed by atoms with Crippen LogP contribution in [-0.4, -0.2) is 45.9 Å². The highest BCUT2D eigenvalue weighted by Crippen LogP contribution is 2.26. The fourth-order valence-corrected chi connectivity index (χ4v) is 3.48. The quantitative estimate of drug-likeness (QED) is 0.785. The molecule has 24 heavy (non-hydrogen) atoms. The van der Waals surface area contributed by atoms with Crippen molar-refractivity contribution >= 4 is 31.3 Å². The number of anilines is 1. The molecule has 0 bridgehead atoms. The van der Waals surface area contributed by atoms with Gasteiger partial charge in [-0.25, -0.2) is 8.42 Å². The molecule has 2 aromatic carbocycles. The minimum absolute atomic E-state index is 0.0765. The second kappa shape index (κ2) is 6.55. The van der Waals surface area contributed by atoms with E-state index >= 15 is 0 Å². The van der Waals surface area contributed by atoms with E-state index < -0.39 is 9.05 Å². The number of hydrogen-bond acceptors (Lipinski definition) is 4. The fraction of sp³-hybridized carbons (Fsp3) is 0.235. The lowest BCUT2D eigenvalue weighted by Gasteiger charge is -2.32. The Balaban J connectivity index is 1.81. The topological polar surface area (TPSA) is 57.7 Å². The largest absolute Gasteiger partial charge is 0.310 e. The van der Waals surface area contributed by atoms with Crippen molar-refractivity contribution in [3.05, 3.63) is 48.5 Å². The number of carbonyl (C=O) groups is 1. The number of carbonyl (C=O) groups excluding carboxylic acids is 1. The molecule has 2 aromatic rings. The van der Waals surface area contributed by atoms with E-state index in [4.69, 9.17) is 10.7 Å². The number of amides is 1. The summed E-state index contributed by atoms with van der Waals surface area (Å²) in [6.45, 7) is 1.95. The summed E-state index contributed by atoms with van der Waals surface area (Å²) in [4.78, 5) is 16.0. The standard InChI is InChI=1S/C17H17ClN2O3S/c1-19-10-11-20(17(21)12-19)15-6-2-13(3-7-15)14-4-8-16(9-5-14)24(18,22)23/h2-9H,10-12H2,1H3. The summed E-state index contributed by atoms with van der Waals surface area (Å²) >= 11 is 0. The first-order chi connectivity index (χ1) is 11.3. The Bertz CT molecular complexity index is 848. The maximum absolute atomic E-state index is 12.1. The third kappa shape index (κ3) is 3.61. The van der Waals surface area contributed by atoms with Crippen LogP contribution in [0.15, 0.2) is 53.4 Å². The molecule has 0 saturated carbocycles. The Labute approximate surface area is 145 Å². The van der Waals surface area contributed by atoms with Crippen LogP contribution in [0.1, 0.15) is 0 Å². The molecule has 126 valence electrons. The third-order valence-electron chi connectivity index (χ3n) is 4.06. The summed E-state index contributed by atoms with van der Waals surface area (Å²) in [6, 6.07) is 14.0. The van der Waals surface area contributed by atoms with Crippen molar-refractivity contribution in [1.29, 1.82) is 0 Å². The summed E-state index contributed by atoms with van der Waals surface area (Å²) in [6.07, 6.45) is 0. The monoisotopic (exact) mass is 364 g/mol. The molecule has 1 heterocycles. The van der Waals surface area contributed by atoms with E-state index in [1.807, 2.05) is 36.2 Å². The molecule has 0 unspecified atom stereocenters. The molecule has 0 aliphatic carbocycles.